The Labute approximate surface area is 125 Å². The van der Waals surface area contributed by atoms with Crippen LogP contribution in [0.5, 0.6) is 0 Å². The SMILES string of the molecule is Cc1ccc(-c2nc(Cl)c3cc(F)ccc3n2)cc1Cl. The summed E-state index contributed by atoms with van der Waals surface area (Å²) < 4.78 is 13.2. The molecule has 0 unspecified atom stereocenters. The van der Waals surface area contributed by atoms with Gasteiger partial charge in [0, 0.05) is 16.0 Å². The molecular weight excluding hydrogens is 298 g/mol. The summed E-state index contributed by atoms with van der Waals surface area (Å²) in [6.45, 7) is 1.92. The summed E-state index contributed by atoms with van der Waals surface area (Å²) in [7, 11) is 0. The lowest BCUT2D eigenvalue weighted by molar-refractivity contribution is 0.629. The van der Waals surface area contributed by atoms with Crippen LogP contribution in [0, 0.1) is 12.7 Å². The molecule has 5 heteroatoms. The number of halogens is 3. The van der Waals surface area contributed by atoms with Crippen LogP contribution in [0.15, 0.2) is 36.4 Å². The topological polar surface area (TPSA) is 25.8 Å². The third kappa shape index (κ3) is 2.35. The van der Waals surface area contributed by atoms with Crippen LogP contribution in [0.25, 0.3) is 22.3 Å². The van der Waals surface area contributed by atoms with Crippen molar-refractivity contribution < 1.29 is 4.39 Å². The highest BCUT2D eigenvalue weighted by Gasteiger charge is 2.09. The Hall–Kier alpha value is -1.71. The molecule has 0 saturated heterocycles. The van der Waals surface area contributed by atoms with Gasteiger partial charge >= 0.3 is 0 Å². The van der Waals surface area contributed by atoms with Crippen LogP contribution in [0.2, 0.25) is 10.2 Å². The minimum atomic E-state index is -0.367. The Bertz CT molecular complexity index is 818. The largest absolute Gasteiger partial charge is 0.228 e. The molecule has 2 nitrogen and oxygen atoms in total. The second-order valence-corrected chi connectivity index (χ2v) is 5.23. The molecule has 0 bridgehead atoms. The molecule has 0 N–H and O–H groups in total. The van der Waals surface area contributed by atoms with Crippen molar-refractivity contribution >= 4 is 34.1 Å². The van der Waals surface area contributed by atoms with E-state index in [4.69, 9.17) is 23.2 Å². The quantitative estimate of drug-likeness (QED) is 0.588. The molecule has 1 aromatic heterocycles. The number of fused-ring (bicyclic) bond motifs is 1. The van der Waals surface area contributed by atoms with Gasteiger partial charge in [0.15, 0.2) is 5.82 Å². The van der Waals surface area contributed by atoms with Gasteiger partial charge < -0.3 is 0 Å². The van der Waals surface area contributed by atoms with Crippen molar-refractivity contribution in [2.45, 2.75) is 6.92 Å². The van der Waals surface area contributed by atoms with Crippen molar-refractivity contribution in [2.75, 3.05) is 0 Å². The standard InChI is InChI=1S/C15H9Cl2FN2/c1-8-2-3-9(6-12(8)16)15-19-13-5-4-10(18)7-11(13)14(17)20-15/h2-7H,1H3. The molecule has 100 valence electrons. The molecule has 0 fully saturated rings. The van der Waals surface area contributed by atoms with Crippen molar-refractivity contribution in [3.63, 3.8) is 0 Å². The number of rotatable bonds is 1. The lowest BCUT2D eigenvalue weighted by Gasteiger charge is -2.06. The van der Waals surface area contributed by atoms with Crippen molar-refractivity contribution in [1.82, 2.24) is 9.97 Å². The fraction of sp³-hybridized carbons (Fsp3) is 0.0667. The zero-order valence-electron chi connectivity index (χ0n) is 10.5. The van der Waals surface area contributed by atoms with E-state index in [1.54, 1.807) is 12.1 Å². The first-order valence-electron chi connectivity index (χ1n) is 5.94. The number of benzene rings is 2. The van der Waals surface area contributed by atoms with Gasteiger partial charge in [-0.3, -0.25) is 0 Å². The van der Waals surface area contributed by atoms with Crippen LogP contribution < -0.4 is 0 Å². The van der Waals surface area contributed by atoms with Gasteiger partial charge in [-0.05, 0) is 36.8 Å². The van der Waals surface area contributed by atoms with Crippen molar-refractivity contribution in [2.24, 2.45) is 0 Å². The molecule has 3 aromatic rings. The van der Waals surface area contributed by atoms with Crippen LogP contribution in [-0.2, 0) is 0 Å². The minimum absolute atomic E-state index is 0.223. The molecule has 1 heterocycles. The van der Waals surface area contributed by atoms with Crippen molar-refractivity contribution in [3.05, 3.63) is 58.0 Å². The summed E-state index contributed by atoms with van der Waals surface area (Å²) in [4.78, 5) is 8.61. The number of nitrogens with zero attached hydrogens (tertiary/aromatic N) is 2. The normalized spacial score (nSPS) is 11.0. The van der Waals surface area contributed by atoms with E-state index in [1.807, 2.05) is 19.1 Å². The van der Waals surface area contributed by atoms with Crippen LogP contribution in [-0.4, -0.2) is 9.97 Å². The predicted octanol–water partition coefficient (Wildman–Crippen LogP) is 5.05. The highest BCUT2D eigenvalue weighted by atomic mass is 35.5. The van der Waals surface area contributed by atoms with E-state index in [2.05, 4.69) is 9.97 Å². The van der Waals surface area contributed by atoms with Crippen LogP contribution in [0.3, 0.4) is 0 Å². The zero-order chi connectivity index (χ0) is 14.3. The van der Waals surface area contributed by atoms with Crippen molar-refractivity contribution in [3.8, 4) is 11.4 Å². The second kappa shape index (κ2) is 5.00. The summed E-state index contributed by atoms with van der Waals surface area (Å²) in [5.41, 5.74) is 2.34. The maximum atomic E-state index is 13.2. The first-order chi connectivity index (χ1) is 9.54. The van der Waals surface area contributed by atoms with Crippen molar-refractivity contribution in [1.29, 1.82) is 0 Å². The van der Waals surface area contributed by atoms with Gasteiger partial charge in [0.25, 0.3) is 0 Å². The first-order valence-corrected chi connectivity index (χ1v) is 6.69. The van der Waals surface area contributed by atoms with Gasteiger partial charge in [-0.2, -0.15) is 0 Å². The van der Waals surface area contributed by atoms with E-state index in [-0.39, 0.29) is 11.0 Å². The summed E-state index contributed by atoms with van der Waals surface area (Å²) in [6, 6.07) is 9.81. The van der Waals surface area contributed by atoms with Gasteiger partial charge in [-0.25, -0.2) is 14.4 Å². The molecule has 0 radical (unpaired) electrons. The summed E-state index contributed by atoms with van der Waals surface area (Å²) in [5.74, 6) is 0.102. The van der Waals surface area contributed by atoms with Gasteiger partial charge in [0.2, 0.25) is 0 Å². The smallest absolute Gasteiger partial charge is 0.161 e. The number of aryl methyl sites for hydroxylation is 1. The van der Waals surface area contributed by atoms with Gasteiger partial charge in [0.05, 0.1) is 5.52 Å². The average molecular weight is 307 g/mol. The van der Waals surface area contributed by atoms with E-state index < -0.39 is 0 Å². The maximum absolute atomic E-state index is 13.2. The first kappa shape index (κ1) is 13.3. The van der Waals surface area contributed by atoms with Gasteiger partial charge in [0.1, 0.15) is 11.0 Å². The summed E-state index contributed by atoms with van der Waals surface area (Å²) in [6.07, 6.45) is 0. The van der Waals surface area contributed by atoms with E-state index in [9.17, 15) is 4.39 Å². The van der Waals surface area contributed by atoms with E-state index in [0.29, 0.717) is 21.7 Å². The Balaban J connectivity index is 2.21. The molecular formula is C15H9Cl2FN2. The number of aromatic nitrogens is 2. The molecule has 20 heavy (non-hydrogen) atoms. The minimum Gasteiger partial charge on any atom is -0.228 e. The lowest BCUT2D eigenvalue weighted by Crippen LogP contribution is -1.93. The Morgan fingerprint density at radius 1 is 1.00 bits per heavy atom. The fourth-order valence-electron chi connectivity index (χ4n) is 1.92. The highest BCUT2D eigenvalue weighted by molar-refractivity contribution is 6.34. The predicted molar refractivity (Wildman–Crippen MR) is 79.7 cm³/mol. The lowest BCUT2D eigenvalue weighted by atomic mass is 10.1. The summed E-state index contributed by atoms with van der Waals surface area (Å²) in [5, 5.41) is 1.36. The Kier molecular flexibility index (Phi) is 3.32. The molecule has 0 aliphatic carbocycles. The van der Waals surface area contributed by atoms with E-state index >= 15 is 0 Å². The van der Waals surface area contributed by atoms with Crippen LogP contribution >= 0.6 is 23.2 Å². The molecule has 0 aliphatic heterocycles. The molecule has 0 amide bonds. The molecule has 0 spiro atoms. The van der Waals surface area contributed by atoms with Crippen LogP contribution in [0.1, 0.15) is 5.56 Å². The average Bonchev–Trinajstić information content (AvgIpc) is 2.42. The Morgan fingerprint density at radius 2 is 1.80 bits per heavy atom. The molecule has 3 rings (SSSR count). The van der Waals surface area contributed by atoms with E-state index in [1.165, 1.54) is 12.1 Å². The second-order valence-electron chi connectivity index (χ2n) is 4.46. The zero-order valence-corrected chi connectivity index (χ0v) is 12.0. The maximum Gasteiger partial charge on any atom is 0.161 e. The van der Waals surface area contributed by atoms with Gasteiger partial charge in [-0.1, -0.05) is 35.3 Å². The third-order valence-electron chi connectivity index (χ3n) is 3.04. The molecule has 0 saturated carbocycles. The van der Waals surface area contributed by atoms with Gasteiger partial charge in [-0.15, -0.1) is 0 Å². The fourth-order valence-corrected chi connectivity index (χ4v) is 2.34. The number of hydrogen-bond acceptors (Lipinski definition) is 2. The summed E-state index contributed by atoms with van der Waals surface area (Å²) >= 11 is 12.2. The number of hydrogen-bond donors (Lipinski definition) is 0. The Morgan fingerprint density at radius 3 is 2.55 bits per heavy atom. The molecule has 2 aromatic carbocycles. The van der Waals surface area contributed by atoms with E-state index in [0.717, 1.165) is 11.1 Å². The monoisotopic (exact) mass is 306 g/mol. The molecule has 0 aliphatic rings. The third-order valence-corrected chi connectivity index (χ3v) is 3.74. The van der Waals surface area contributed by atoms with Crippen LogP contribution in [0.4, 0.5) is 4.39 Å². The molecule has 0 atom stereocenters. The highest BCUT2D eigenvalue weighted by Crippen LogP contribution is 2.27.